The number of carbonyl (C=O) groups is 1. The molecular formula is C17H20N4O4S2. The Balaban J connectivity index is 1.90. The molecule has 0 aliphatic rings. The smallest absolute Gasteiger partial charge is 0.269 e. The summed E-state index contributed by atoms with van der Waals surface area (Å²) in [6.45, 7) is 2.05. The maximum atomic E-state index is 12.2. The number of rotatable bonds is 5. The van der Waals surface area contributed by atoms with E-state index in [1.54, 1.807) is 14.0 Å². The fourth-order valence-electron chi connectivity index (χ4n) is 2.20. The Bertz CT molecular complexity index is 944. The predicted octanol–water partition coefficient (Wildman–Crippen LogP) is 0.960. The van der Waals surface area contributed by atoms with E-state index in [4.69, 9.17) is 22.1 Å². The van der Waals surface area contributed by atoms with Gasteiger partial charge < -0.3 is 10.1 Å². The van der Waals surface area contributed by atoms with Crippen LogP contribution in [0.5, 0.6) is 5.75 Å². The molecule has 0 atom stereocenters. The maximum absolute atomic E-state index is 12.2. The van der Waals surface area contributed by atoms with Gasteiger partial charge in [-0.05, 0) is 54.5 Å². The summed E-state index contributed by atoms with van der Waals surface area (Å²) < 4.78 is 28.2. The van der Waals surface area contributed by atoms with Crippen molar-refractivity contribution >= 4 is 33.3 Å². The summed E-state index contributed by atoms with van der Waals surface area (Å²) in [6, 6.07) is 11.6. The van der Waals surface area contributed by atoms with Crippen molar-refractivity contribution in [1.29, 1.82) is 0 Å². The van der Waals surface area contributed by atoms with Crippen LogP contribution in [-0.2, 0) is 16.6 Å². The quantitative estimate of drug-likeness (QED) is 0.429. The van der Waals surface area contributed by atoms with E-state index in [1.807, 2.05) is 24.3 Å². The fourth-order valence-corrected chi connectivity index (χ4v) is 3.13. The van der Waals surface area contributed by atoms with E-state index in [0.717, 1.165) is 11.3 Å². The molecule has 0 unspecified atom stereocenters. The number of aryl methyl sites for hydroxylation is 1. The summed E-state index contributed by atoms with van der Waals surface area (Å²) in [5.41, 5.74) is 6.53. The lowest BCUT2D eigenvalue weighted by Gasteiger charge is -2.12. The van der Waals surface area contributed by atoms with Gasteiger partial charge in [0, 0.05) is 12.1 Å². The summed E-state index contributed by atoms with van der Waals surface area (Å²) in [6.07, 6.45) is 0. The summed E-state index contributed by atoms with van der Waals surface area (Å²) in [4.78, 5) is 12.1. The van der Waals surface area contributed by atoms with Gasteiger partial charge in [0.05, 0.1) is 12.0 Å². The Labute approximate surface area is 163 Å². The summed E-state index contributed by atoms with van der Waals surface area (Å²) in [7, 11) is -2.32. The number of carbonyl (C=O) groups excluding carboxylic acids is 1. The zero-order chi connectivity index (χ0) is 20.0. The fraction of sp³-hybridized carbons (Fsp3) is 0.176. The topological polar surface area (TPSA) is 123 Å². The highest BCUT2D eigenvalue weighted by Gasteiger charge is 2.15. The van der Waals surface area contributed by atoms with Crippen LogP contribution in [0, 0.1) is 6.92 Å². The second kappa shape index (κ2) is 8.80. The third kappa shape index (κ3) is 5.91. The number of benzene rings is 2. The molecule has 1 amide bonds. The van der Waals surface area contributed by atoms with Crippen molar-refractivity contribution in [3.63, 3.8) is 0 Å². The SMILES string of the molecule is COc1ccc(CNC(=S)NNC(=O)c2ccc(C)c(S(N)(=O)=O)c2)cc1. The minimum Gasteiger partial charge on any atom is -0.497 e. The molecule has 5 N–H and O–H groups in total. The maximum Gasteiger partial charge on any atom is 0.269 e. The van der Waals surface area contributed by atoms with Gasteiger partial charge in [0.1, 0.15) is 5.75 Å². The molecule has 10 heteroatoms. The first-order chi connectivity index (χ1) is 12.7. The standard InChI is InChI=1S/C17H20N4O4S2/c1-11-3-6-13(9-15(11)27(18,23)24)16(22)20-21-17(26)19-10-12-4-7-14(25-2)8-5-12/h3-9H,10H2,1-2H3,(H,20,22)(H2,18,23,24)(H2,19,21,26). The zero-order valence-corrected chi connectivity index (χ0v) is 16.4. The Hall–Kier alpha value is -2.69. The molecule has 2 aromatic carbocycles. The van der Waals surface area contributed by atoms with Crippen LogP contribution in [0.2, 0.25) is 0 Å². The van der Waals surface area contributed by atoms with E-state index < -0.39 is 15.9 Å². The van der Waals surface area contributed by atoms with Crippen molar-refractivity contribution in [3.8, 4) is 5.75 Å². The van der Waals surface area contributed by atoms with Crippen LogP contribution in [0.1, 0.15) is 21.5 Å². The molecule has 0 aromatic heterocycles. The van der Waals surface area contributed by atoms with E-state index >= 15 is 0 Å². The average Bonchev–Trinajstić information content (AvgIpc) is 2.64. The first-order valence-corrected chi connectivity index (χ1v) is 9.76. The van der Waals surface area contributed by atoms with E-state index in [-0.39, 0.29) is 15.6 Å². The molecular weight excluding hydrogens is 388 g/mol. The van der Waals surface area contributed by atoms with Gasteiger partial charge in [-0.25, -0.2) is 13.6 Å². The Morgan fingerprint density at radius 2 is 1.81 bits per heavy atom. The van der Waals surface area contributed by atoms with Crippen molar-refractivity contribution < 1.29 is 17.9 Å². The molecule has 0 saturated heterocycles. The average molecular weight is 409 g/mol. The summed E-state index contributed by atoms with van der Waals surface area (Å²) in [5.74, 6) is 0.206. The van der Waals surface area contributed by atoms with Crippen LogP contribution >= 0.6 is 12.2 Å². The van der Waals surface area contributed by atoms with Crippen molar-refractivity contribution in [2.45, 2.75) is 18.4 Å². The van der Waals surface area contributed by atoms with Gasteiger partial charge in [0.15, 0.2) is 5.11 Å². The number of primary sulfonamides is 1. The van der Waals surface area contributed by atoms with E-state index in [0.29, 0.717) is 12.1 Å². The highest BCUT2D eigenvalue weighted by atomic mass is 32.2. The molecule has 0 spiro atoms. The number of ether oxygens (including phenoxy) is 1. The van der Waals surface area contributed by atoms with Crippen LogP contribution in [0.3, 0.4) is 0 Å². The monoisotopic (exact) mass is 408 g/mol. The summed E-state index contributed by atoms with van der Waals surface area (Å²) in [5, 5.41) is 8.29. The van der Waals surface area contributed by atoms with Crippen LogP contribution in [0.15, 0.2) is 47.4 Å². The number of hydrogen-bond acceptors (Lipinski definition) is 5. The number of sulfonamides is 1. The van der Waals surface area contributed by atoms with E-state index in [9.17, 15) is 13.2 Å². The van der Waals surface area contributed by atoms with Gasteiger partial charge in [-0.2, -0.15) is 0 Å². The lowest BCUT2D eigenvalue weighted by Crippen LogP contribution is -2.46. The largest absolute Gasteiger partial charge is 0.497 e. The third-order valence-corrected chi connectivity index (χ3v) is 4.96. The van der Waals surface area contributed by atoms with Crippen molar-refractivity contribution in [2.75, 3.05) is 7.11 Å². The first kappa shape index (κ1) is 20.6. The molecule has 144 valence electrons. The minimum atomic E-state index is -3.91. The Morgan fingerprint density at radius 3 is 2.41 bits per heavy atom. The molecule has 0 saturated carbocycles. The Kier molecular flexibility index (Phi) is 6.72. The van der Waals surface area contributed by atoms with Crippen LogP contribution in [-0.4, -0.2) is 26.5 Å². The van der Waals surface area contributed by atoms with Gasteiger partial charge >= 0.3 is 0 Å². The molecule has 0 aliphatic heterocycles. The highest BCUT2D eigenvalue weighted by molar-refractivity contribution is 7.89. The van der Waals surface area contributed by atoms with Crippen molar-refractivity contribution in [3.05, 3.63) is 59.2 Å². The highest BCUT2D eigenvalue weighted by Crippen LogP contribution is 2.15. The second-order valence-corrected chi connectivity index (χ2v) is 7.57. The second-order valence-electron chi connectivity index (χ2n) is 5.64. The van der Waals surface area contributed by atoms with E-state index in [2.05, 4.69) is 16.2 Å². The number of hydrazine groups is 1. The van der Waals surface area contributed by atoms with Crippen LogP contribution < -0.4 is 26.0 Å². The number of nitrogens with one attached hydrogen (secondary N) is 3. The summed E-state index contributed by atoms with van der Waals surface area (Å²) >= 11 is 5.10. The number of methoxy groups -OCH3 is 1. The molecule has 27 heavy (non-hydrogen) atoms. The lowest BCUT2D eigenvalue weighted by molar-refractivity contribution is 0.0943. The third-order valence-electron chi connectivity index (χ3n) is 3.66. The molecule has 0 fully saturated rings. The molecule has 0 heterocycles. The number of amides is 1. The molecule has 2 aromatic rings. The van der Waals surface area contributed by atoms with Gasteiger partial charge in [-0.15, -0.1) is 0 Å². The van der Waals surface area contributed by atoms with Crippen LogP contribution in [0.4, 0.5) is 0 Å². The number of nitrogens with two attached hydrogens (primary N) is 1. The van der Waals surface area contributed by atoms with Gasteiger partial charge in [0.25, 0.3) is 5.91 Å². The minimum absolute atomic E-state index is 0.102. The van der Waals surface area contributed by atoms with Crippen molar-refractivity contribution in [1.82, 2.24) is 16.2 Å². The molecule has 0 radical (unpaired) electrons. The van der Waals surface area contributed by atoms with Gasteiger partial charge in [0.2, 0.25) is 10.0 Å². The van der Waals surface area contributed by atoms with Crippen LogP contribution in [0.25, 0.3) is 0 Å². The van der Waals surface area contributed by atoms with E-state index in [1.165, 1.54) is 18.2 Å². The molecule has 0 aliphatic carbocycles. The van der Waals surface area contributed by atoms with Crippen molar-refractivity contribution in [2.24, 2.45) is 5.14 Å². The number of hydrogen-bond donors (Lipinski definition) is 4. The lowest BCUT2D eigenvalue weighted by atomic mass is 10.1. The molecule has 8 nitrogen and oxygen atoms in total. The zero-order valence-electron chi connectivity index (χ0n) is 14.8. The molecule has 0 bridgehead atoms. The predicted molar refractivity (Wildman–Crippen MR) is 106 cm³/mol. The van der Waals surface area contributed by atoms with Gasteiger partial charge in [-0.3, -0.25) is 15.6 Å². The normalized spacial score (nSPS) is 10.8. The first-order valence-electron chi connectivity index (χ1n) is 7.81. The number of thiocarbonyl (C=S) groups is 1. The van der Waals surface area contributed by atoms with Gasteiger partial charge in [-0.1, -0.05) is 18.2 Å². The Morgan fingerprint density at radius 1 is 1.15 bits per heavy atom. The molecule has 2 rings (SSSR count).